The molecule has 0 saturated carbocycles. The molecule has 0 heterocycles. The first-order valence-electron chi connectivity index (χ1n) is 10.7. The fourth-order valence-corrected chi connectivity index (χ4v) is 3.80. The van der Waals surface area contributed by atoms with Gasteiger partial charge in [-0.15, -0.1) is 0 Å². The molecular weight excluding hydrogens is 392 g/mol. The van der Waals surface area contributed by atoms with Crippen molar-refractivity contribution >= 4 is 22.1 Å². The number of hydrogen-bond acceptors (Lipinski definition) is 3. The van der Waals surface area contributed by atoms with E-state index in [0.717, 1.165) is 38.8 Å². The summed E-state index contributed by atoms with van der Waals surface area (Å²) in [5.41, 5.74) is 3.09. The molecule has 3 heteroatoms. The molecule has 0 saturated heterocycles. The molecule has 0 bridgehead atoms. The quantitative estimate of drug-likeness (QED) is 0.456. The standard InChI is InChI=1S/C29H28N2O/c1-30(2)26-16-12-24(13-17-26)29(32,25-14-18-27(19-15-25)31(3)4)21-20-23-10-7-9-22-8-5-6-11-28(22)23/h5-19,32H,1-4H3. The summed E-state index contributed by atoms with van der Waals surface area (Å²) >= 11 is 0. The van der Waals surface area contributed by atoms with Gasteiger partial charge in [0.1, 0.15) is 0 Å². The molecule has 0 amide bonds. The molecule has 0 fully saturated rings. The van der Waals surface area contributed by atoms with E-state index < -0.39 is 5.60 Å². The largest absolute Gasteiger partial charge is 0.378 e. The van der Waals surface area contributed by atoms with Gasteiger partial charge in [0, 0.05) is 56.3 Å². The van der Waals surface area contributed by atoms with Crippen LogP contribution in [-0.2, 0) is 5.60 Å². The lowest BCUT2D eigenvalue weighted by atomic mass is 9.86. The Morgan fingerprint density at radius 1 is 0.625 bits per heavy atom. The van der Waals surface area contributed by atoms with Crippen LogP contribution in [0, 0.1) is 11.8 Å². The summed E-state index contributed by atoms with van der Waals surface area (Å²) in [4.78, 5) is 4.08. The zero-order valence-electron chi connectivity index (χ0n) is 19.0. The monoisotopic (exact) mass is 420 g/mol. The van der Waals surface area contributed by atoms with Crippen LogP contribution in [0.3, 0.4) is 0 Å². The van der Waals surface area contributed by atoms with Gasteiger partial charge in [-0.25, -0.2) is 0 Å². The molecule has 0 radical (unpaired) electrons. The average Bonchev–Trinajstić information content (AvgIpc) is 2.82. The second kappa shape index (κ2) is 8.78. The van der Waals surface area contributed by atoms with Gasteiger partial charge in [0.25, 0.3) is 0 Å². The molecule has 0 aliphatic carbocycles. The lowest BCUT2D eigenvalue weighted by Gasteiger charge is -2.25. The van der Waals surface area contributed by atoms with Gasteiger partial charge in [-0.1, -0.05) is 72.5 Å². The summed E-state index contributed by atoms with van der Waals surface area (Å²) in [5, 5.41) is 14.2. The van der Waals surface area contributed by atoms with E-state index in [1.165, 1.54) is 0 Å². The summed E-state index contributed by atoms with van der Waals surface area (Å²) in [7, 11) is 8.01. The van der Waals surface area contributed by atoms with E-state index in [9.17, 15) is 5.11 Å². The molecule has 4 aromatic carbocycles. The van der Waals surface area contributed by atoms with Crippen LogP contribution in [0.4, 0.5) is 11.4 Å². The smallest absolute Gasteiger partial charge is 0.177 e. The topological polar surface area (TPSA) is 26.7 Å². The Bertz CT molecular complexity index is 1220. The molecule has 0 aromatic heterocycles. The van der Waals surface area contributed by atoms with Crippen molar-refractivity contribution in [2.75, 3.05) is 38.0 Å². The van der Waals surface area contributed by atoms with E-state index in [0.29, 0.717) is 0 Å². The van der Waals surface area contributed by atoms with Crippen LogP contribution in [-0.4, -0.2) is 33.3 Å². The van der Waals surface area contributed by atoms with Crippen LogP contribution < -0.4 is 9.80 Å². The van der Waals surface area contributed by atoms with Crippen molar-refractivity contribution in [2.24, 2.45) is 0 Å². The Balaban J connectivity index is 1.85. The Hall–Kier alpha value is -3.74. The maximum atomic E-state index is 11.9. The highest BCUT2D eigenvalue weighted by molar-refractivity contribution is 5.88. The Morgan fingerprint density at radius 2 is 1.12 bits per heavy atom. The van der Waals surface area contributed by atoms with Crippen molar-refractivity contribution in [1.29, 1.82) is 0 Å². The van der Waals surface area contributed by atoms with Crippen LogP contribution in [0.25, 0.3) is 10.8 Å². The summed E-state index contributed by atoms with van der Waals surface area (Å²) < 4.78 is 0. The fourth-order valence-electron chi connectivity index (χ4n) is 3.80. The first kappa shape index (κ1) is 21.5. The van der Waals surface area contributed by atoms with E-state index in [1.54, 1.807) is 0 Å². The summed E-state index contributed by atoms with van der Waals surface area (Å²) in [6.45, 7) is 0. The molecular formula is C29H28N2O. The van der Waals surface area contributed by atoms with Crippen LogP contribution in [0.1, 0.15) is 16.7 Å². The van der Waals surface area contributed by atoms with Gasteiger partial charge in [-0.2, -0.15) is 0 Å². The number of hydrogen-bond donors (Lipinski definition) is 1. The third-order valence-corrected chi connectivity index (χ3v) is 5.77. The molecule has 4 aromatic rings. The van der Waals surface area contributed by atoms with E-state index in [2.05, 4.69) is 30.0 Å². The van der Waals surface area contributed by atoms with Gasteiger partial charge >= 0.3 is 0 Å². The van der Waals surface area contributed by atoms with Gasteiger partial charge in [-0.05, 0) is 41.1 Å². The molecule has 0 unspecified atom stereocenters. The predicted octanol–water partition coefficient (Wildman–Crippen LogP) is 5.26. The SMILES string of the molecule is CN(C)c1ccc(C(O)(C#Cc2cccc3ccccc23)c2ccc(N(C)C)cc2)cc1. The van der Waals surface area contributed by atoms with Crippen molar-refractivity contribution in [3.05, 3.63) is 108 Å². The molecule has 0 aliphatic rings. The minimum absolute atomic E-state index is 0.744. The molecule has 3 nitrogen and oxygen atoms in total. The fraction of sp³-hybridized carbons (Fsp3) is 0.172. The molecule has 4 rings (SSSR count). The maximum Gasteiger partial charge on any atom is 0.177 e. The number of aliphatic hydroxyl groups is 1. The minimum atomic E-state index is -1.44. The van der Waals surface area contributed by atoms with Crippen LogP contribution >= 0.6 is 0 Å². The van der Waals surface area contributed by atoms with Crippen molar-refractivity contribution in [3.63, 3.8) is 0 Å². The lowest BCUT2D eigenvalue weighted by Crippen LogP contribution is -2.25. The van der Waals surface area contributed by atoms with Crippen LogP contribution in [0.5, 0.6) is 0 Å². The van der Waals surface area contributed by atoms with E-state index in [4.69, 9.17) is 0 Å². The second-order valence-electron chi connectivity index (χ2n) is 8.37. The highest BCUT2D eigenvalue weighted by Gasteiger charge is 2.29. The molecule has 0 atom stereocenters. The summed E-state index contributed by atoms with van der Waals surface area (Å²) in [5.74, 6) is 6.49. The van der Waals surface area contributed by atoms with Crippen molar-refractivity contribution in [2.45, 2.75) is 5.60 Å². The van der Waals surface area contributed by atoms with Gasteiger partial charge in [0.15, 0.2) is 5.60 Å². The van der Waals surface area contributed by atoms with Gasteiger partial charge in [0.05, 0.1) is 0 Å². The third-order valence-electron chi connectivity index (χ3n) is 5.77. The highest BCUT2D eigenvalue weighted by Crippen LogP contribution is 2.32. The normalized spacial score (nSPS) is 11.0. The summed E-state index contributed by atoms with van der Waals surface area (Å²) in [6.07, 6.45) is 0. The van der Waals surface area contributed by atoms with Crippen LogP contribution in [0.2, 0.25) is 0 Å². The Kier molecular flexibility index (Phi) is 5.90. The number of fused-ring (bicyclic) bond motifs is 1. The Morgan fingerprint density at radius 3 is 1.66 bits per heavy atom. The highest BCUT2D eigenvalue weighted by atomic mass is 16.3. The molecule has 1 N–H and O–H groups in total. The first-order valence-corrected chi connectivity index (χ1v) is 10.7. The van der Waals surface area contributed by atoms with Gasteiger partial charge in [0.2, 0.25) is 0 Å². The lowest BCUT2D eigenvalue weighted by molar-refractivity contribution is 0.145. The van der Waals surface area contributed by atoms with Crippen molar-refractivity contribution < 1.29 is 5.11 Å². The van der Waals surface area contributed by atoms with Gasteiger partial charge in [-0.3, -0.25) is 0 Å². The molecule has 0 aliphatic heterocycles. The predicted molar refractivity (Wildman–Crippen MR) is 135 cm³/mol. The van der Waals surface area contributed by atoms with E-state index in [-0.39, 0.29) is 0 Å². The van der Waals surface area contributed by atoms with E-state index in [1.807, 2.05) is 111 Å². The second-order valence-corrected chi connectivity index (χ2v) is 8.37. The number of anilines is 2. The number of benzene rings is 4. The zero-order valence-corrected chi connectivity index (χ0v) is 19.0. The zero-order chi connectivity index (χ0) is 22.7. The third kappa shape index (κ3) is 4.19. The van der Waals surface area contributed by atoms with Gasteiger partial charge < -0.3 is 14.9 Å². The van der Waals surface area contributed by atoms with Crippen molar-refractivity contribution in [3.8, 4) is 11.8 Å². The van der Waals surface area contributed by atoms with Crippen molar-refractivity contribution in [1.82, 2.24) is 0 Å². The van der Waals surface area contributed by atoms with Crippen LogP contribution in [0.15, 0.2) is 91.0 Å². The molecule has 160 valence electrons. The first-order chi connectivity index (χ1) is 15.4. The number of nitrogens with zero attached hydrogens (tertiary/aromatic N) is 2. The maximum absolute atomic E-state index is 11.9. The molecule has 0 spiro atoms. The van der Waals surface area contributed by atoms with E-state index >= 15 is 0 Å². The summed E-state index contributed by atoms with van der Waals surface area (Å²) in [6, 6.07) is 30.1. The number of rotatable bonds is 4. The Labute approximate surface area is 190 Å². The molecule has 32 heavy (non-hydrogen) atoms. The average molecular weight is 421 g/mol. The minimum Gasteiger partial charge on any atom is -0.378 e.